The molecule has 0 fully saturated rings. The van der Waals surface area contributed by atoms with Crippen molar-refractivity contribution in [1.29, 1.82) is 5.26 Å². The Kier molecular flexibility index (Phi) is 3.41. The number of rotatable bonds is 2. The van der Waals surface area contributed by atoms with Crippen LogP contribution < -0.4 is 0 Å². The molecule has 86 valence electrons. The molecule has 0 bridgehead atoms. The van der Waals surface area contributed by atoms with E-state index in [-0.39, 0.29) is 5.92 Å². The summed E-state index contributed by atoms with van der Waals surface area (Å²) in [5, 5.41) is 9.32. The minimum Gasteiger partial charge on any atom is -0.235 e. The van der Waals surface area contributed by atoms with Gasteiger partial charge in [0.2, 0.25) is 0 Å². The number of thiophene rings is 1. The van der Waals surface area contributed by atoms with E-state index in [1.165, 1.54) is 17.7 Å². The van der Waals surface area contributed by atoms with E-state index in [0.29, 0.717) is 10.0 Å². The van der Waals surface area contributed by atoms with Gasteiger partial charge in [-0.05, 0) is 18.1 Å². The summed E-state index contributed by atoms with van der Waals surface area (Å²) >= 11 is 7.52. The fourth-order valence-corrected chi connectivity index (χ4v) is 2.77. The Morgan fingerprint density at radius 1 is 1.35 bits per heavy atom. The first-order valence-corrected chi connectivity index (χ1v) is 6.33. The number of hydrogen-bond acceptors (Lipinski definition) is 4. The Hall–Kier alpha value is -1.44. The molecule has 0 aliphatic heterocycles. The molecule has 0 radical (unpaired) electrons. The van der Waals surface area contributed by atoms with Crippen molar-refractivity contribution in [1.82, 2.24) is 9.97 Å². The molecule has 0 amide bonds. The van der Waals surface area contributed by atoms with Crippen LogP contribution in [0.25, 0.3) is 10.6 Å². The van der Waals surface area contributed by atoms with Crippen molar-refractivity contribution in [2.24, 2.45) is 0 Å². The molecule has 3 nitrogen and oxygen atoms in total. The maximum atomic E-state index is 8.83. The van der Waals surface area contributed by atoms with Gasteiger partial charge in [0, 0.05) is 5.56 Å². The summed E-state index contributed by atoms with van der Waals surface area (Å²) < 4.78 is 0. The van der Waals surface area contributed by atoms with Crippen molar-refractivity contribution in [3.05, 3.63) is 34.1 Å². The Morgan fingerprint density at radius 3 is 2.71 bits per heavy atom. The minimum atomic E-state index is 0.242. The smallest absolute Gasteiger partial charge is 0.136 e. The Morgan fingerprint density at radius 2 is 2.12 bits per heavy atom. The van der Waals surface area contributed by atoms with E-state index in [2.05, 4.69) is 16.0 Å². The van der Waals surface area contributed by atoms with Crippen LogP contribution in [0, 0.1) is 11.3 Å². The van der Waals surface area contributed by atoms with Gasteiger partial charge in [-0.15, -0.1) is 11.3 Å². The van der Waals surface area contributed by atoms with E-state index in [1.807, 2.05) is 19.9 Å². The maximum Gasteiger partial charge on any atom is 0.136 e. The lowest BCUT2D eigenvalue weighted by molar-refractivity contribution is 0.850. The average Bonchev–Trinajstić information content (AvgIpc) is 2.76. The Labute approximate surface area is 109 Å². The molecule has 5 heteroatoms. The topological polar surface area (TPSA) is 49.6 Å². The molecular formula is C12H10ClN3S. The predicted octanol–water partition coefficient (Wildman–Crippen LogP) is 3.85. The second-order valence-corrected chi connectivity index (χ2v) is 5.30. The second kappa shape index (κ2) is 4.82. The maximum absolute atomic E-state index is 8.83. The van der Waals surface area contributed by atoms with Gasteiger partial charge >= 0.3 is 0 Å². The first kappa shape index (κ1) is 12.0. The molecule has 0 N–H and O–H groups in total. The standard InChI is InChI=1S/C12H10ClN3S/c1-7(2)10-11(15-6-16-12(10)13)9-4-3-8(5-14)17-9/h3-4,6-7H,1-2H3. The lowest BCUT2D eigenvalue weighted by atomic mass is 10.0. The number of nitriles is 1. The molecule has 2 aromatic rings. The average molecular weight is 264 g/mol. The molecule has 0 spiro atoms. The first-order chi connectivity index (χ1) is 8.13. The summed E-state index contributed by atoms with van der Waals surface area (Å²) in [4.78, 5) is 9.92. The summed E-state index contributed by atoms with van der Waals surface area (Å²) in [5.74, 6) is 0.242. The van der Waals surface area contributed by atoms with Crippen molar-refractivity contribution in [2.75, 3.05) is 0 Å². The van der Waals surface area contributed by atoms with Crippen LogP contribution in [0.5, 0.6) is 0 Å². The highest BCUT2D eigenvalue weighted by Gasteiger charge is 2.16. The van der Waals surface area contributed by atoms with Crippen molar-refractivity contribution < 1.29 is 0 Å². The van der Waals surface area contributed by atoms with Crippen LogP contribution in [-0.4, -0.2) is 9.97 Å². The van der Waals surface area contributed by atoms with Gasteiger partial charge in [0.05, 0.1) is 10.6 Å². The lowest BCUT2D eigenvalue weighted by Gasteiger charge is -2.11. The van der Waals surface area contributed by atoms with E-state index in [9.17, 15) is 0 Å². The number of nitrogens with zero attached hydrogens (tertiary/aromatic N) is 3. The zero-order valence-corrected chi connectivity index (χ0v) is 11.0. The van der Waals surface area contributed by atoms with Crippen LogP contribution >= 0.6 is 22.9 Å². The van der Waals surface area contributed by atoms with Crippen molar-refractivity contribution in [3.63, 3.8) is 0 Å². The van der Waals surface area contributed by atoms with Gasteiger partial charge in [0.15, 0.2) is 0 Å². The Balaban J connectivity index is 2.59. The molecule has 17 heavy (non-hydrogen) atoms. The summed E-state index contributed by atoms with van der Waals surface area (Å²) in [7, 11) is 0. The van der Waals surface area contributed by atoms with Gasteiger partial charge in [0.25, 0.3) is 0 Å². The van der Waals surface area contributed by atoms with Crippen molar-refractivity contribution >= 4 is 22.9 Å². The van der Waals surface area contributed by atoms with Crippen LogP contribution in [0.3, 0.4) is 0 Å². The highest BCUT2D eigenvalue weighted by Crippen LogP contribution is 2.34. The quantitative estimate of drug-likeness (QED) is 0.773. The summed E-state index contributed by atoms with van der Waals surface area (Å²) in [6.07, 6.45) is 1.45. The van der Waals surface area contributed by atoms with Crippen molar-refractivity contribution in [3.8, 4) is 16.6 Å². The van der Waals surface area contributed by atoms with Gasteiger partial charge in [-0.1, -0.05) is 25.4 Å². The molecular weight excluding hydrogens is 254 g/mol. The highest BCUT2D eigenvalue weighted by molar-refractivity contribution is 7.16. The van der Waals surface area contributed by atoms with Gasteiger partial charge in [-0.25, -0.2) is 9.97 Å². The summed E-state index contributed by atoms with van der Waals surface area (Å²) in [6, 6.07) is 5.81. The van der Waals surface area contributed by atoms with Crippen LogP contribution in [-0.2, 0) is 0 Å². The summed E-state index contributed by atoms with van der Waals surface area (Å²) in [6.45, 7) is 4.10. The van der Waals surface area contributed by atoms with Gasteiger partial charge in [-0.2, -0.15) is 5.26 Å². The molecule has 2 rings (SSSR count). The van der Waals surface area contributed by atoms with Gasteiger partial charge in [0.1, 0.15) is 22.4 Å². The third-order valence-corrected chi connectivity index (χ3v) is 3.66. The van der Waals surface area contributed by atoms with Crippen molar-refractivity contribution in [2.45, 2.75) is 19.8 Å². The number of halogens is 1. The molecule has 2 aromatic heterocycles. The van der Waals surface area contributed by atoms with E-state index in [0.717, 1.165) is 16.1 Å². The van der Waals surface area contributed by atoms with Gasteiger partial charge < -0.3 is 0 Å². The third kappa shape index (κ3) is 2.31. The molecule has 0 atom stereocenters. The van der Waals surface area contributed by atoms with E-state index in [4.69, 9.17) is 16.9 Å². The molecule has 0 saturated carbocycles. The number of hydrogen-bond donors (Lipinski definition) is 0. The van der Waals surface area contributed by atoms with E-state index < -0.39 is 0 Å². The normalized spacial score (nSPS) is 10.5. The fourth-order valence-electron chi connectivity index (χ4n) is 1.61. The molecule has 0 unspecified atom stereocenters. The van der Waals surface area contributed by atoms with E-state index >= 15 is 0 Å². The molecule has 0 saturated heterocycles. The lowest BCUT2D eigenvalue weighted by Crippen LogP contribution is -1.97. The van der Waals surface area contributed by atoms with Crippen LogP contribution in [0.4, 0.5) is 0 Å². The zero-order valence-electron chi connectivity index (χ0n) is 9.44. The minimum absolute atomic E-state index is 0.242. The van der Waals surface area contributed by atoms with Crippen LogP contribution in [0.15, 0.2) is 18.5 Å². The third-order valence-electron chi connectivity index (χ3n) is 2.36. The molecule has 0 aliphatic carbocycles. The fraction of sp³-hybridized carbons (Fsp3) is 0.250. The zero-order chi connectivity index (χ0) is 12.4. The summed E-state index contributed by atoms with van der Waals surface area (Å²) in [5.41, 5.74) is 1.76. The SMILES string of the molecule is CC(C)c1c(Cl)ncnc1-c1ccc(C#N)s1. The highest BCUT2D eigenvalue weighted by atomic mass is 35.5. The Bertz CT molecular complexity index is 584. The predicted molar refractivity (Wildman–Crippen MR) is 69.2 cm³/mol. The van der Waals surface area contributed by atoms with Crippen LogP contribution in [0.2, 0.25) is 5.15 Å². The molecule has 0 aromatic carbocycles. The monoisotopic (exact) mass is 263 g/mol. The largest absolute Gasteiger partial charge is 0.235 e. The first-order valence-electron chi connectivity index (χ1n) is 5.14. The number of aromatic nitrogens is 2. The second-order valence-electron chi connectivity index (χ2n) is 3.86. The van der Waals surface area contributed by atoms with Crippen LogP contribution in [0.1, 0.15) is 30.2 Å². The van der Waals surface area contributed by atoms with E-state index in [1.54, 1.807) is 6.07 Å². The van der Waals surface area contributed by atoms with Gasteiger partial charge in [-0.3, -0.25) is 0 Å². The molecule has 0 aliphatic rings. The molecule has 2 heterocycles.